The Bertz CT molecular complexity index is 1220. The largest absolute Gasteiger partial charge is 0.495 e. The molecule has 1 fully saturated rings. The normalized spacial score (nSPS) is 14.5. The number of hydrogen-bond donors (Lipinski definition) is 0. The van der Waals surface area contributed by atoms with Crippen LogP contribution in [0.5, 0.6) is 5.75 Å². The molecular weight excluding hydrogens is 486 g/mol. The fourth-order valence-corrected chi connectivity index (χ4v) is 5.92. The minimum Gasteiger partial charge on any atom is -0.495 e. The molecule has 1 amide bonds. The standard InChI is InChI=1S/C29H35N3O4S/c1-36-27-17-10-9-16-26(27)32(37(2,34)35)19-11-18-28(33)30-20-22-31(23-21-30)29(24-12-5-3-6-13-24)25-14-7-4-8-15-25/h3-10,12-17,29H,11,18-23H2,1-2H3. The summed E-state index contributed by atoms with van der Waals surface area (Å²) < 4.78 is 31.6. The molecule has 0 N–H and O–H groups in total. The first-order chi connectivity index (χ1) is 17.9. The summed E-state index contributed by atoms with van der Waals surface area (Å²) in [4.78, 5) is 17.4. The Morgan fingerprint density at radius 2 is 1.41 bits per heavy atom. The fraction of sp³-hybridized carbons (Fsp3) is 0.345. The van der Waals surface area contributed by atoms with Gasteiger partial charge in [0.05, 0.1) is 25.1 Å². The van der Waals surface area contributed by atoms with Crippen LogP contribution in [0.3, 0.4) is 0 Å². The quantitative estimate of drug-likeness (QED) is 0.401. The molecule has 0 bridgehead atoms. The molecule has 7 nitrogen and oxygen atoms in total. The van der Waals surface area contributed by atoms with E-state index in [1.807, 2.05) is 17.0 Å². The predicted molar refractivity (Wildman–Crippen MR) is 147 cm³/mol. The van der Waals surface area contributed by atoms with E-state index >= 15 is 0 Å². The van der Waals surface area contributed by atoms with Gasteiger partial charge in [0, 0.05) is 39.1 Å². The number of nitrogens with zero attached hydrogens (tertiary/aromatic N) is 3. The molecule has 1 heterocycles. The molecule has 3 aromatic carbocycles. The molecule has 1 aliphatic rings. The van der Waals surface area contributed by atoms with Gasteiger partial charge in [-0.05, 0) is 29.7 Å². The molecule has 0 spiro atoms. The number of piperazine rings is 1. The molecule has 1 aliphatic heterocycles. The molecule has 0 saturated carbocycles. The van der Waals surface area contributed by atoms with Crippen LogP contribution in [0.2, 0.25) is 0 Å². The van der Waals surface area contributed by atoms with Crippen molar-refractivity contribution >= 4 is 21.6 Å². The van der Waals surface area contributed by atoms with Crippen molar-refractivity contribution in [3.8, 4) is 5.75 Å². The minimum absolute atomic E-state index is 0.0594. The second-order valence-corrected chi connectivity index (χ2v) is 11.2. The van der Waals surface area contributed by atoms with E-state index in [0.717, 1.165) is 13.1 Å². The summed E-state index contributed by atoms with van der Waals surface area (Å²) in [6, 6.07) is 28.1. The van der Waals surface area contributed by atoms with Gasteiger partial charge in [0.2, 0.25) is 15.9 Å². The summed E-state index contributed by atoms with van der Waals surface area (Å²) in [7, 11) is -2.00. The number of benzene rings is 3. The lowest BCUT2D eigenvalue weighted by Crippen LogP contribution is -2.50. The molecule has 0 atom stereocenters. The summed E-state index contributed by atoms with van der Waals surface area (Å²) in [5.41, 5.74) is 2.97. The third-order valence-corrected chi connectivity index (χ3v) is 7.95. The first-order valence-corrected chi connectivity index (χ1v) is 14.5. The average molecular weight is 522 g/mol. The van der Waals surface area contributed by atoms with Gasteiger partial charge in [-0.1, -0.05) is 72.8 Å². The van der Waals surface area contributed by atoms with E-state index in [0.29, 0.717) is 37.4 Å². The van der Waals surface area contributed by atoms with E-state index in [9.17, 15) is 13.2 Å². The predicted octanol–water partition coefficient (Wildman–Crippen LogP) is 4.18. The lowest BCUT2D eigenvalue weighted by atomic mass is 9.96. The Morgan fingerprint density at radius 3 is 1.95 bits per heavy atom. The molecule has 0 unspecified atom stereocenters. The number of carbonyl (C=O) groups excluding carboxylic acids is 1. The fourth-order valence-electron chi connectivity index (χ4n) is 4.95. The van der Waals surface area contributed by atoms with Crippen LogP contribution >= 0.6 is 0 Å². The van der Waals surface area contributed by atoms with E-state index in [1.165, 1.54) is 28.8 Å². The van der Waals surface area contributed by atoms with E-state index in [1.54, 1.807) is 24.3 Å². The molecular formula is C29H35N3O4S. The zero-order chi connectivity index (χ0) is 26.3. The minimum atomic E-state index is -3.52. The monoisotopic (exact) mass is 521 g/mol. The summed E-state index contributed by atoms with van der Waals surface area (Å²) in [6.07, 6.45) is 1.90. The maximum atomic E-state index is 13.0. The van der Waals surface area contributed by atoms with Crippen LogP contribution in [0.15, 0.2) is 84.9 Å². The Labute approximate surface area is 220 Å². The van der Waals surface area contributed by atoms with Crippen LogP contribution in [0.25, 0.3) is 0 Å². The highest BCUT2D eigenvalue weighted by Gasteiger charge is 2.28. The van der Waals surface area contributed by atoms with Crippen molar-refractivity contribution in [3.05, 3.63) is 96.1 Å². The molecule has 0 aromatic heterocycles. The number of methoxy groups -OCH3 is 1. The Hall–Kier alpha value is -3.36. The van der Waals surface area contributed by atoms with Gasteiger partial charge in [-0.2, -0.15) is 0 Å². The lowest BCUT2D eigenvalue weighted by molar-refractivity contribution is -0.133. The van der Waals surface area contributed by atoms with Crippen molar-refractivity contribution < 1.29 is 17.9 Å². The summed E-state index contributed by atoms with van der Waals surface area (Å²) >= 11 is 0. The van der Waals surface area contributed by atoms with Crippen LogP contribution in [-0.4, -0.2) is 70.2 Å². The highest BCUT2D eigenvalue weighted by molar-refractivity contribution is 7.92. The van der Waals surface area contributed by atoms with Crippen molar-refractivity contribution in [2.45, 2.75) is 18.9 Å². The molecule has 3 aromatic rings. The summed E-state index contributed by atoms with van der Waals surface area (Å²) in [5.74, 6) is 0.547. The van der Waals surface area contributed by atoms with Crippen molar-refractivity contribution in [1.29, 1.82) is 0 Å². The van der Waals surface area contributed by atoms with Crippen LogP contribution in [0, 0.1) is 0 Å². The Balaban J connectivity index is 1.36. The molecule has 4 rings (SSSR count). The lowest BCUT2D eigenvalue weighted by Gasteiger charge is -2.40. The van der Waals surface area contributed by atoms with Gasteiger partial charge in [-0.25, -0.2) is 8.42 Å². The number of ether oxygens (including phenoxy) is 1. The van der Waals surface area contributed by atoms with Crippen LogP contribution in [0.1, 0.15) is 30.0 Å². The van der Waals surface area contributed by atoms with E-state index in [2.05, 4.69) is 53.4 Å². The maximum absolute atomic E-state index is 13.0. The summed E-state index contributed by atoms with van der Waals surface area (Å²) in [5, 5.41) is 0. The van der Waals surface area contributed by atoms with Gasteiger partial charge in [0.1, 0.15) is 5.75 Å². The smallest absolute Gasteiger partial charge is 0.232 e. The highest BCUT2D eigenvalue weighted by atomic mass is 32.2. The zero-order valence-electron chi connectivity index (χ0n) is 21.5. The van der Waals surface area contributed by atoms with Crippen molar-refractivity contribution in [2.75, 3.05) is 50.4 Å². The van der Waals surface area contributed by atoms with Gasteiger partial charge in [-0.15, -0.1) is 0 Å². The van der Waals surface area contributed by atoms with Crippen molar-refractivity contribution in [3.63, 3.8) is 0 Å². The number of sulfonamides is 1. The molecule has 8 heteroatoms. The molecule has 37 heavy (non-hydrogen) atoms. The Kier molecular flexibility index (Phi) is 8.84. The molecule has 0 radical (unpaired) electrons. The first kappa shape index (κ1) is 26.7. The second kappa shape index (κ2) is 12.3. The summed E-state index contributed by atoms with van der Waals surface area (Å²) in [6.45, 7) is 3.07. The number of amides is 1. The number of rotatable bonds is 10. The molecule has 0 aliphatic carbocycles. The first-order valence-electron chi connectivity index (χ1n) is 12.6. The van der Waals surface area contributed by atoms with Gasteiger partial charge in [0.25, 0.3) is 0 Å². The maximum Gasteiger partial charge on any atom is 0.232 e. The SMILES string of the molecule is COc1ccccc1N(CCCC(=O)N1CCN(C(c2ccccc2)c2ccccc2)CC1)S(C)(=O)=O. The third-order valence-electron chi connectivity index (χ3n) is 6.77. The third kappa shape index (κ3) is 6.70. The number of carbonyl (C=O) groups is 1. The zero-order valence-corrected chi connectivity index (χ0v) is 22.3. The number of anilines is 1. The number of para-hydroxylation sites is 2. The van der Waals surface area contributed by atoms with Crippen molar-refractivity contribution in [1.82, 2.24) is 9.80 Å². The van der Waals surface area contributed by atoms with Gasteiger partial charge < -0.3 is 9.64 Å². The van der Waals surface area contributed by atoms with Crippen molar-refractivity contribution in [2.24, 2.45) is 0 Å². The van der Waals surface area contributed by atoms with Crippen LogP contribution < -0.4 is 9.04 Å². The highest BCUT2D eigenvalue weighted by Crippen LogP contribution is 2.31. The van der Waals surface area contributed by atoms with E-state index in [-0.39, 0.29) is 18.5 Å². The average Bonchev–Trinajstić information content (AvgIpc) is 2.92. The molecule has 1 saturated heterocycles. The second-order valence-electron chi connectivity index (χ2n) is 9.25. The molecule has 196 valence electrons. The van der Waals surface area contributed by atoms with Gasteiger partial charge in [-0.3, -0.25) is 14.0 Å². The Morgan fingerprint density at radius 1 is 0.865 bits per heavy atom. The van der Waals surface area contributed by atoms with E-state index in [4.69, 9.17) is 4.74 Å². The van der Waals surface area contributed by atoms with Gasteiger partial charge >= 0.3 is 0 Å². The van der Waals surface area contributed by atoms with Gasteiger partial charge in [0.15, 0.2) is 0 Å². The van der Waals surface area contributed by atoms with E-state index < -0.39 is 10.0 Å². The van der Waals surface area contributed by atoms with Crippen LogP contribution in [-0.2, 0) is 14.8 Å². The van der Waals surface area contributed by atoms with Crippen LogP contribution in [0.4, 0.5) is 5.69 Å². The topological polar surface area (TPSA) is 70.2 Å². The number of hydrogen-bond acceptors (Lipinski definition) is 5.